The zero-order valence-electron chi connectivity index (χ0n) is 10.1. The van der Waals surface area contributed by atoms with Gasteiger partial charge in [0.25, 0.3) is 6.54 Å². The van der Waals surface area contributed by atoms with Crippen LogP contribution in [-0.2, 0) is 20.7 Å². The molecule has 0 aromatic heterocycles. The van der Waals surface area contributed by atoms with E-state index in [-0.39, 0.29) is 6.54 Å². The van der Waals surface area contributed by atoms with Gasteiger partial charge in [-0.15, -0.1) is 0 Å². The molecule has 18 heavy (non-hydrogen) atoms. The summed E-state index contributed by atoms with van der Waals surface area (Å²) in [5.74, 6) is -0.992. The molecule has 0 radical (unpaired) electrons. The summed E-state index contributed by atoms with van der Waals surface area (Å²) in [6, 6.07) is 8.53. The van der Waals surface area contributed by atoms with E-state index in [0.29, 0.717) is 6.42 Å². The van der Waals surface area contributed by atoms with Gasteiger partial charge in [0.05, 0.1) is 7.11 Å². The second kappa shape index (κ2) is 7.07. The van der Waals surface area contributed by atoms with E-state index in [0.717, 1.165) is 5.56 Å². The first-order valence-corrected chi connectivity index (χ1v) is 5.41. The van der Waals surface area contributed by atoms with Gasteiger partial charge in [-0.1, -0.05) is 30.3 Å². The number of rotatable bonds is 5. The second-order valence-electron chi connectivity index (χ2n) is 3.65. The number of nitrogens with one attached hydrogen (secondary N) is 1. The van der Waals surface area contributed by atoms with Gasteiger partial charge in [0.15, 0.2) is 0 Å². The van der Waals surface area contributed by atoms with Gasteiger partial charge in [0.1, 0.15) is 6.04 Å². The maximum atomic E-state index is 11.5. The SMILES string of the molecule is [C-]#[N+]CC(=O)N[C@@H](Cc1ccccc1)C(=O)OC. The van der Waals surface area contributed by atoms with Crippen LogP contribution in [0.1, 0.15) is 5.56 Å². The lowest BCUT2D eigenvalue weighted by Gasteiger charge is -2.15. The summed E-state index contributed by atoms with van der Waals surface area (Å²) < 4.78 is 4.63. The molecule has 0 bridgehead atoms. The van der Waals surface area contributed by atoms with E-state index in [4.69, 9.17) is 6.57 Å². The molecule has 1 aromatic rings. The summed E-state index contributed by atoms with van der Waals surface area (Å²) >= 11 is 0. The summed E-state index contributed by atoms with van der Waals surface area (Å²) in [4.78, 5) is 25.8. The van der Waals surface area contributed by atoms with Crippen LogP contribution in [-0.4, -0.2) is 31.6 Å². The zero-order chi connectivity index (χ0) is 13.4. The molecule has 0 heterocycles. The van der Waals surface area contributed by atoms with Crippen LogP contribution in [0, 0.1) is 6.57 Å². The molecule has 0 spiro atoms. The fourth-order valence-electron chi connectivity index (χ4n) is 1.50. The molecule has 5 heteroatoms. The molecule has 0 saturated carbocycles. The van der Waals surface area contributed by atoms with Crippen molar-refractivity contribution in [2.45, 2.75) is 12.5 Å². The third-order valence-corrected chi connectivity index (χ3v) is 2.33. The third kappa shape index (κ3) is 4.26. The first kappa shape index (κ1) is 13.7. The molecular formula is C13H14N2O3. The number of benzene rings is 1. The Morgan fingerprint density at radius 2 is 2.06 bits per heavy atom. The highest BCUT2D eigenvalue weighted by Crippen LogP contribution is 2.04. The fraction of sp³-hybridized carbons (Fsp3) is 0.308. The van der Waals surface area contributed by atoms with Gasteiger partial charge in [0, 0.05) is 6.42 Å². The summed E-state index contributed by atoms with van der Waals surface area (Å²) in [5, 5.41) is 2.49. The van der Waals surface area contributed by atoms with Crippen LogP contribution in [0.5, 0.6) is 0 Å². The number of methoxy groups -OCH3 is 1. The van der Waals surface area contributed by atoms with E-state index < -0.39 is 17.9 Å². The molecule has 1 amide bonds. The highest BCUT2D eigenvalue weighted by molar-refractivity contribution is 5.86. The van der Waals surface area contributed by atoms with Crippen LogP contribution in [0.15, 0.2) is 30.3 Å². The van der Waals surface area contributed by atoms with Crippen molar-refractivity contribution in [2.75, 3.05) is 13.7 Å². The van der Waals surface area contributed by atoms with Crippen molar-refractivity contribution in [1.82, 2.24) is 5.32 Å². The second-order valence-corrected chi connectivity index (χ2v) is 3.65. The smallest absolute Gasteiger partial charge is 0.328 e. The minimum Gasteiger partial charge on any atom is -0.467 e. The number of hydrogen-bond acceptors (Lipinski definition) is 3. The molecule has 1 atom stereocenters. The van der Waals surface area contributed by atoms with Crippen molar-refractivity contribution in [1.29, 1.82) is 0 Å². The Labute approximate surface area is 106 Å². The lowest BCUT2D eigenvalue weighted by molar-refractivity contribution is -0.144. The van der Waals surface area contributed by atoms with Gasteiger partial charge in [-0.2, -0.15) is 0 Å². The quantitative estimate of drug-likeness (QED) is 0.617. The molecule has 0 aliphatic heterocycles. The lowest BCUT2D eigenvalue weighted by atomic mass is 10.1. The summed E-state index contributed by atoms with van der Waals surface area (Å²) in [6.07, 6.45) is 0.344. The number of carbonyl (C=O) groups is 2. The molecule has 1 aromatic carbocycles. The predicted octanol–water partition coefficient (Wildman–Crippen LogP) is 0.806. The monoisotopic (exact) mass is 246 g/mol. The molecule has 94 valence electrons. The molecule has 1 N–H and O–H groups in total. The van der Waals surface area contributed by atoms with Crippen molar-refractivity contribution in [3.63, 3.8) is 0 Å². The van der Waals surface area contributed by atoms with E-state index >= 15 is 0 Å². The molecule has 0 unspecified atom stereocenters. The molecule has 0 aliphatic rings. The third-order valence-electron chi connectivity index (χ3n) is 2.33. The van der Waals surface area contributed by atoms with E-state index in [1.54, 1.807) is 0 Å². The average Bonchev–Trinajstić information content (AvgIpc) is 2.38. The lowest BCUT2D eigenvalue weighted by Crippen LogP contribution is -2.43. The Hall–Kier alpha value is -2.35. The number of nitrogens with zero attached hydrogens (tertiary/aromatic N) is 1. The summed E-state index contributed by atoms with van der Waals surface area (Å²) in [7, 11) is 1.27. The highest BCUT2D eigenvalue weighted by Gasteiger charge is 2.22. The highest BCUT2D eigenvalue weighted by atomic mass is 16.5. The Kier molecular flexibility index (Phi) is 5.39. The topological polar surface area (TPSA) is 59.8 Å². The van der Waals surface area contributed by atoms with E-state index in [1.807, 2.05) is 30.3 Å². The maximum absolute atomic E-state index is 11.5. The molecule has 0 saturated heterocycles. The standard InChI is InChI=1S/C13H14N2O3/c1-14-9-12(16)15-11(13(17)18-2)8-10-6-4-3-5-7-10/h3-7,11H,8-9H2,2H3,(H,15,16)/t11-/m0/s1. The normalized spacial score (nSPS) is 11.1. The first-order chi connectivity index (χ1) is 8.67. The Balaban J connectivity index is 2.71. The van der Waals surface area contributed by atoms with Gasteiger partial charge < -0.3 is 14.9 Å². The van der Waals surface area contributed by atoms with Gasteiger partial charge in [0.2, 0.25) is 0 Å². The van der Waals surface area contributed by atoms with E-state index in [9.17, 15) is 9.59 Å². The zero-order valence-corrected chi connectivity index (χ0v) is 10.1. The van der Waals surface area contributed by atoms with Crippen molar-refractivity contribution < 1.29 is 14.3 Å². The molecule has 0 fully saturated rings. The summed E-state index contributed by atoms with van der Waals surface area (Å²) in [5.41, 5.74) is 0.913. The van der Waals surface area contributed by atoms with Gasteiger partial charge >= 0.3 is 11.9 Å². The van der Waals surface area contributed by atoms with Gasteiger partial charge in [-0.3, -0.25) is 4.79 Å². The fourth-order valence-corrected chi connectivity index (χ4v) is 1.50. The van der Waals surface area contributed by atoms with Crippen LogP contribution in [0.3, 0.4) is 0 Å². The number of carbonyl (C=O) groups excluding carboxylic acids is 2. The average molecular weight is 246 g/mol. The molecule has 0 aliphatic carbocycles. The van der Waals surface area contributed by atoms with Gasteiger partial charge in [-0.25, -0.2) is 11.4 Å². The van der Waals surface area contributed by atoms with E-state index in [1.165, 1.54) is 7.11 Å². The van der Waals surface area contributed by atoms with E-state index in [2.05, 4.69) is 14.9 Å². The van der Waals surface area contributed by atoms with Gasteiger partial charge in [-0.05, 0) is 5.56 Å². The van der Waals surface area contributed by atoms with Crippen molar-refractivity contribution in [3.8, 4) is 0 Å². The van der Waals surface area contributed by atoms with Crippen LogP contribution in [0.25, 0.3) is 4.85 Å². The number of hydrogen-bond donors (Lipinski definition) is 1. The van der Waals surface area contributed by atoms with Crippen LogP contribution < -0.4 is 5.32 Å². The number of ether oxygens (including phenoxy) is 1. The van der Waals surface area contributed by atoms with Crippen molar-refractivity contribution in [2.24, 2.45) is 0 Å². The van der Waals surface area contributed by atoms with Crippen molar-refractivity contribution >= 4 is 11.9 Å². The molecule has 1 rings (SSSR count). The largest absolute Gasteiger partial charge is 0.467 e. The Morgan fingerprint density at radius 3 is 2.61 bits per heavy atom. The van der Waals surface area contributed by atoms with Crippen molar-refractivity contribution in [3.05, 3.63) is 47.3 Å². The summed E-state index contributed by atoms with van der Waals surface area (Å²) in [6.45, 7) is 6.31. The Bertz CT molecular complexity index is 451. The predicted molar refractivity (Wildman–Crippen MR) is 65.6 cm³/mol. The molecular weight excluding hydrogens is 232 g/mol. The Morgan fingerprint density at radius 1 is 1.39 bits per heavy atom. The number of esters is 1. The van der Waals surface area contributed by atoms with Crippen LogP contribution in [0.4, 0.5) is 0 Å². The minimum atomic E-state index is -0.758. The molecule has 5 nitrogen and oxygen atoms in total. The van der Waals surface area contributed by atoms with Crippen LogP contribution in [0.2, 0.25) is 0 Å². The maximum Gasteiger partial charge on any atom is 0.328 e. The first-order valence-electron chi connectivity index (χ1n) is 5.41. The number of amides is 1. The van der Waals surface area contributed by atoms with Crippen LogP contribution >= 0.6 is 0 Å². The minimum absolute atomic E-state index is 0.289.